The van der Waals surface area contributed by atoms with Crippen molar-refractivity contribution < 1.29 is 0 Å². The monoisotopic (exact) mass is 226 g/mol. The molecule has 88 valence electrons. The van der Waals surface area contributed by atoms with E-state index in [1.165, 1.54) is 43.2 Å². The molecule has 1 aromatic carbocycles. The van der Waals surface area contributed by atoms with Crippen LogP contribution in [0.2, 0.25) is 0 Å². The molecule has 17 heavy (non-hydrogen) atoms. The second-order valence-electron chi connectivity index (χ2n) is 5.01. The second kappa shape index (κ2) is 4.44. The summed E-state index contributed by atoms with van der Waals surface area (Å²) >= 11 is 0. The molecule has 2 aromatic rings. The third-order valence-electron chi connectivity index (χ3n) is 3.74. The number of para-hydroxylation sites is 1. The molecule has 0 aliphatic heterocycles. The highest BCUT2D eigenvalue weighted by Gasteiger charge is 2.19. The average molecular weight is 226 g/mol. The lowest BCUT2D eigenvalue weighted by Gasteiger charge is -2.22. The number of rotatable bonds is 1. The third-order valence-corrected chi connectivity index (χ3v) is 3.74. The third kappa shape index (κ3) is 2.04. The smallest absolute Gasteiger partial charge is 0.126 e. The van der Waals surface area contributed by atoms with Gasteiger partial charge in [0.25, 0.3) is 0 Å². The van der Waals surface area contributed by atoms with Crippen molar-refractivity contribution in [3.8, 4) is 0 Å². The van der Waals surface area contributed by atoms with Crippen molar-refractivity contribution >= 4 is 10.9 Å². The zero-order valence-corrected chi connectivity index (χ0v) is 10.3. The molecule has 3 rings (SSSR count). The van der Waals surface area contributed by atoms with Crippen molar-refractivity contribution in [2.75, 3.05) is 0 Å². The first kappa shape index (κ1) is 10.7. The van der Waals surface area contributed by atoms with Crippen LogP contribution in [-0.2, 0) is 0 Å². The van der Waals surface area contributed by atoms with E-state index in [4.69, 9.17) is 4.98 Å². The van der Waals surface area contributed by atoms with Crippen LogP contribution in [-0.4, -0.2) is 9.97 Å². The maximum Gasteiger partial charge on any atom is 0.126 e. The van der Waals surface area contributed by atoms with Crippen LogP contribution in [0.1, 0.15) is 49.5 Å². The van der Waals surface area contributed by atoms with E-state index in [0.717, 1.165) is 11.3 Å². The van der Waals surface area contributed by atoms with Crippen LogP contribution < -0.4 is 0 Å². The van der Waals surface area contributed by atoms with E-state index in [1.54, 1.807) is 0 Å². The minimum absolute atomic E-state index is 0.648. The summed E-state index contributed by atoms with van der Waals surface area (Å²) in [6, 6.07) is 8.40. The maximum absolute atomic E-state index is 4.71. The van der Waals surface area contributed by atoms with Crippen LogP contribution in [0.3, 0.4) is 0 Å². The van der Waals surface area contributed by atoms with Gasteiger partial charge in [-0.25, -0.2) is 9.97 Å². The molecular weight excluding hydrogens is 208 g/mol. The molecule has 0 amide bonds. The molecule has 1 saturated carbocycles. The Morgan fingerprint density at radius 1 is 1.00 bits per heavy atom. The summed E-state index contributed by atoms with van der Waals surface area (Å²) < 4.78 is 0. The van der Waals surface area contributed by atoms with E-state index in [0.29, 0.717) is 5.92 Å². The summed E-state index contributed by atoms with van der Waals surface area (Å²) in [7, 11) is 0. The van der Waals surface area contributed by atoms with Crippen molar-refractivity contribution in [2.24, 2.45) is 0 Å². The summed E-state index contributed by atoms with van der Waals surface area (Å²) in [5.74, 6) is 1.56. The molecule has 0 spiro atoms. The highest BCUT2D eigenvalue weighted by molar-refractivity contribution is 5.81. The van der Waals surface area contributed by atoms with E-state index in [-0.39, 0.29) is 0 Å². The lowest BCUT2D eigenvalue weighted by atomic mass is 9.85. The van der Waals surface area contributed by atoms with E-state index in [1.807, 2.05) is 6.92 Å². The van der Waals surface area contributed by atoms with Gasteiger partial charge in [-0.15, -0.1) is 0 Å². The first-order valence-corrected chi connectivity index (χ1v) is 6.58. The highest BCUT2D eigenvalue weighted by Crippen LogP contribution is 2.34. The van der Waals surface area contributed by atoms with Crippen molar-refractivity contribution in [3.63, 3.8) is 0 Å². The van der Waals surface area contributed by atoms with Gasteiger partial charge >= 0.3 is 0 Å². The fourth-order valence-electron chi connectivity index (χ4n) is 2.91. The summed E-state index contributed by atoms with van der Waals surface area (Å²) in [6.45, 7) is 2.00. The minimum atomic E-state index is 0.648. The first-order valence-electron chi connectivity index (χ1n) is 6.58. The SMILES string of the molecule is Cc1nc(C2CCCCC2)c2ccccc2n1. The molecule has 0 unspecified atom stereocenters. The van der Waals surface area contributed by atoms with Gasteiger partial charge in [0, 0.05) is 11.3 Å². The van der Waals surface area contributed by atoms with Crippen LogP contribution in [0.25, 0.3) is 10.9 Å². The van der Waals surface area contributed by atoms with Crippen molar-refractivity contribution in [1.29, 1.82) is 0 Å². The van der Waals surface area contributed by atoms with Gasteiger partial charge in [0.15, 0.2) is 0 Å². The van der Waals surface area contributed by atoms with Gasteiger partial charge in [0.2, 0.25) is 0 Å². The standard InChI is InChI=1S/C15H18N2/c1-11-16-14-10-6-5-9-13(14)15(17-11)12-7-3-2-4-8-12/h5-6,9-10,12H,2-4,7-8H2,1H3. The molecule has 0 radical (unpaired) electrons. The average Bonchev–Trinajstić information content (AvgIpc) is 2.39. The van der Waals surface area contributed by atoms with Crippen molar-refractivity contribution in [3.05, 3.63) is 35.8 Å². The van der Waals surface area contributed by atoms with Gasteiger partial charge in [-0.05, 0) is 25.8 Å². The molecule has 1 heterocycles. The van der Waals surface area contributed by atoms with E-state index in [9.17, 15) is 0 Å². The Hall–Kier alpha value is -1.44. The number of nitrogens with zero attached hydrogens (tertiary/aromatic N) is 2. The Labute approximate surface area is 102 Å². The van der Waals surface area contributed by atoms with Crippen LogP contribution in [0, 0.1) is 6.92 Å². The number of hydrogen-bond donors (Lipinski definition) is 0. The predicted molar refractivity (Wildman–Crippen MR) is 70.1 cm³/mol. The maximum atomic E-state index is 4.71. The molecule has 2 heteroatoms. The Bertz CT molecular complexity index is 527. The number of fused-ring (bicyclic) bond motifs is 1. The Morgan fingerprint density at radius 3 is 2.59 bits per heavy atom. The van der Waals surface area contributed by atoms with Crippen LogP contribution in [0.15, 0.2) is 24.3 Å². The molecule has 1 aliphatic carbocycles. The molecule has 0 atom stereocenters. The minimum Gasteiger partial charge on any atom is -0.237 e. The van der Waals surface area contributed by atoms with E-state index in [2.05, 4.69) is 29.2 Å². The normalized spacial score (nSPS) is 17.5. The summed E-state index contributed by atoms with van der Waals surface area (Å²) in [4.78, 5) is 9.23. The Morgan fingerprint density at radius 2 is 1.76 bits per heavy atom. The topological polar surface area (TPSA) is 25.8 Å². The Balaban J connectivity index is 2.13. The van der Waals surface area contributed by atoms with Gasteiger partial charge in [-0.3, -0.25) is 0 Å². The van der Waals surface area contributed by atoms with Gasteiger partial charge in [0.05, 0.1) is 11.2 Å². The highest BCUT2D eigenvalue weighted by atomic mass is 14.9. The molecular formula is C15H18N2. The summed E-state index contributed by atoms with van der Waals surface area (Å²) in [5.41, 5.74) is 2.38. The largest absolute Gasteiger partial charge is 0.237 e. The van der Waals surface area contributed by atoms with Gasteiger partial charge in [-0.2, -0.15) is 0 Å². The summed E-state index contributed by atoms with van der Waals surface area (Å²) in [6.07, 6.45) is 6.67. The summed E-state index contributed by atoms with van der Waals surface area (Å²) in [5, 5.41) is 1.25. The molecule has 2 nitrogen and oxygen atoms in total. The molecule has 1 aromatic heterocycles. The zero-order valence-electron chi connectivity index (χ0n) is 10.3. The molecule has 1 fully saturated rings. The lowest BCUT2D eigenvalue weighted by molar-refractivity contribution is 0.438. The van der Waals surface area contributed by atoms with Crippen LogP contribution in [0.4, 0.5) is 0 Å². The van der Waals surface area contributed by atoms with Gasteiger partial charge < -0.3 is 0 Å². The van der Waals surface area contributed by atoms with Crippen molar-refractivity contribution in [1.82, 2.24) is 9.97 Å². The predicted octanol–water partition coefficient (Wildman–Crippen LogP) is 3.99. The lowest BCUT2D eigenvalue weighted by Crippen LogP contribution is -2.08. The molecule has 0 bridgehead atoms. The molecule has 0 saturated heterocycles. The van der Waals surface area contributed by atoms with Crippen LogP contribution >= 0.6 is 0 Å². The van der Waals surface area contributed by atoms with Gasteiger partial charge in [-0.1, -0.05) is 37.5 Å². The quantitative estimate of drug-likeness (QED) is 0.735. The number of benzene rings is 1. The molecule has 0 N–H and O–H groups in total. The van der Waals surface area contributed by atoms with Crippen molar-refractivity contribution in [2.45, 2.75) is 44.9 Å². The van der Waals surface area contributed by atoms with E-state index >= 15 is 0 Å². The van der Waals surface area contributed by atoms with E-state index < -0.39 is 0 Å². The number of hydrogen-bond acceptors (Lipinski definition) is 2. The fraction of sp³-hybridized carbons (Fsp3) is 0.467. The zero-order chi connectivity index (χ0) is 11.7. The second-order valence-corrected chi connectivity index (χ2v) is 5.01. The number of aryl methyl sites for hydroxylation is 1. The fourth-order valence-corrected chi connectivity index (χ4v) is 2.91. The number of aromatic nitrogens is 2. The first-order chi connectivity index (χ1) is 8.34. The molecule has 1 aliphatic rings. The Kier molecular flexibility index (Phi) is 2.79. The van der Waals surface area contributed by atoms with Crippen LogP contribution in [0.5, 0.6) is 0 Å². The van der Waals surface area contributed by atoms with Gasteiger partial charge in [0.1, 0.15) is 5.82 Å².